The number of nitrogens with one attached hydrogen (secondary N) is 1. The number of rotatable bonds is 8. The van der Waals surface area contributed by atoms with Gasteiger partial charge in [0.2, 0.25) is 5.91 Å². The van der Waals surface area contributed by atoms with Gasteiger partial charge >= 0.3 is 5.97 Å². The van der Waals surface area contributed by atoms with E-state index in [-0.39, 0.29) is 19.4 Å². The zero-order chi connectivity index (χ0) is 13.4. The van der Waals surface area contributed by atoms with Crippen LogP contribution in [0.5, 0.6) is 0 Å². The van der Waals surface area contributed by atoms with Gasteiger partial charge in [-0.05, 0) is 6.42 Å². The molecule has 98 valence electrons. The van der Waals surface area contributed by atoms with E-state index in [4.69, 9.17) is 21.3 Å². The lowest BCUT2D eigenvalue weighted by Gasteiger charge is -2.17. The monoisotopic (exact) mass is 247 g/mol. The van der Waals surface area contributed by atoms with Gasteiger partial charge in [0.25, 0.3) is 5.91 Å². The van der Waals surface area contributed by atoms with Gasteiger partial charge in [-0.15, -0.1) is 0 Å². The zero-order valence-corrected chi connectivity index (χ0v) is 9.51. The minimum Gasteiger partial charge on any atom is -0.480 e. The summed E-state index contributed by atoms with van der Waals surface area (Å²) >= 11 is 0. The molecule has 0 bridgehead atoms. The third kappa shape index (κ3) is 5.83. The van der Waals surface area contributed by atoms with E-state index in [1.807, 2.05) is 0 Å². The third-order valence-corrected chi connectivity index (χ3v) is 2.09. The molecule has 8 heteroatoms. The molecule has 0 aliphatic heterocycles. The number of carboxylic acid groups (broad SMARTS) is 1. The van der Waals surface area contributed by atoms with E-state index >= 15 is 0 Å². The van der Waals surface area contributed by atoms with Crippen molar-refractivity contribution in [2.45, 2.75) is 25.0 Å². The molecule has 8 nitrogen and oxygen atoms in total. The summed E-state index contributed by atoms with van der Waals surface area (Å²) in [5.41, 5.74) is 10.1. The highest BCUT2D eigenvalue weighted by Crippen LogP contribution is 1.99. The van der Waals surface area contributed by atoms with Crippen molar-refractivity contribution in [1.29, 1.82) is 0 Å². The van der Waals surface area contributed by atoms with Crippen LogP contribution in [0, 0.1) is 0 Å². The van der Waals surface area contributed by atoms with Gasteiger partial charge in [-0.25, -0.2) is 4.79 Å². The van der Waals surface area contributed by atoms with Gasteiger partial charge in [-0.3, -0.25) is 9.59 Å². The van der Waals surface area contributed by atoms with Gasteiger partial charge in [0.15, 0.2) is 0 Å². The molecule has 0 aliphatic carbocycles. The quantitative estimate of drug-likeness (QED) is 0.383. The summed E-state index contributed by atoms with van der Waals surface area (Å²) in [6.45, 7) is -0.0650. The first kappa shape index (κ1) is 15.3. The van der Waals surface area contributed by atoms with Gasteiger partial charge in [0, 0.05) is 20.1 Å². The fraction of sp³-hybridized carbons (Fsp3) is 0.667. The summed E-state index contributed by atoms with van der Waals surface area (Å²) < 4.78 is 4.75. The van der Waals surface area contributed by atoms with Gasteiger partial charge in [-0.1, -0.05) is 0 Å². The summed E-state index contributed by atoms with van der Waals surface area (Å²) in [4.78, 5) is 32.8. The van der Waals surface area contributed by atoms with E-state index in [1.165, 1.54) is 7.11 Å². The lowest BCUT2D eigenvalue weighted by Crippen LogP contribution is -2.48. The van der Waals surface area contributed by atoms with E-state index in [0.29, 0.717) is 0 Å². The molecule has 17 heavy (non-hydrogen) atoms. The number of carboxylic acids is 1. The summed E-state index contributed by atoms with van der Waals surface area (Å²) in [7, 11) is 1.29. The average molecular weight is 247 g/mol. The largest absolute Gasteiger partial charge is 0.480 e. The lowest BCUT2D eigenvalue weighted by atomic mass is 10.1. The molecule has 1 unspecified atom stereocenters. The molecule has 0 rings (SSSR count). The molecule has 0 aliphatic rings. The van der Waals surface area contributed by atoms with Crippen molar-refractivity contribution in [2.24, 2.45) is 11.5 Å². The molecule has 0 saturated carbocycles. The smallest absolute Gasteiger partial charge is 0.326 e. The maximum atomic E-state index is 11.5. The Hall–Kier alpha value is -1.67. The van der Waals surface area contributed by atoms with Crippen molar-refractivity contribution in [3.8, 4) is 0 Å². The molecule has 2 atom stereocenters. The highest BCUT2D eigenvalue weighted by atomic mass is 16.5. The van der Waals surface area contributed by atoms with Gasteiger partial charge in [0.05, 0.1) is 0 Å². The van der Waals surface area contributed by atoms with Crippen LogP contribution in [-0.2, 0) is 19.1 Å². The summed E-state index contributed by atoms with van der Waals surface area (Å²) in [5, 5.41) is 11.0. The van der Waals surface area contributed by atoms with Crippen LogP contribution in [0.2, 0.25) is 0 Å². The Morgan fingerprint density at radius 1 is 1.41 bits per heavy atom. The number of primary amides is 1. The Morgan fingerprint density at radius 3 is 2.35 bits per heavy atom. The molecular weight excluding hydrogens is 230 g/mol. The molecule has 0 radical (unpaired) electrons. The van der Waals surface area contributed by atoms with Crippen LogP contribution in [-0.4, -0.2) is 48.7 Å². The molecule has 0 aromatic carbocycles. The summed E-state index contributed by atoms with van der Waals surface area (Å²) in [5.74, 6) is -2.51. The second-order valence-corrected chi connectivity index (χ2v) is 3.36. The number of carbonyl (C=O) groups excluding carboxylic acids is 2. The maximum Gasteiger partial charge on any atom is 0.326 e. The molecule has 0 saturated heterocycles. The summed E-state index contributed by atoms with van der Waals surface area (Å²) in [6, 6.07) is -1.18. The van der Waals surface area contributed by atoms with Crippen LogP contribution >= 0.6 is 0 Å². The molecule has 0 spiro atoms. The second kappa shape index (κ2) is 7.58. The maximum absolute atomic E-state index is 11.5. The number of nitrogens with two attached hydrogens (primary N) is 2. The topological polar surface area (TPSA) is 145 Å². The second-order valence-electron chi connectivity index (χ2n) is 3.36. The SMILES string of the molecule is COC(CN)C(=O)N[C@@H](CCC(N)=O)C(=O)O. The van der Waals surface area contributed by atoms with Crippen molar-refractivity contribution in [2.75, 3.05) is 13.7 Å². The number of hydrogen-bond donors (Lipinski definition) is 4. The van der Waals surface area contributed by atoms with Crippen molar-refractivity contribution < 1.29 is 24.2 Å². The zero-order valence-electron chi connectivity index (χ0n) is 9.51. The summed E-state index contributed by atoms with van der Waals surface area (Å²) in [6.07, 6.45) is -1.11. The first-order valence-electron chi connectivity index (χ1n) is 4.96. The van der Waals surface area contributed by atoms with Crippen LogP contribution in [0.3, 0.4) is 0 Å². The first-order chi connectivity index (χ1) is 7.92. The highest BCUT2D eigenvalue weighted by molar-refractivity contribution is 5.86. The lowest BCUT2D eigenvalue weighted by molar-refractivity contribution is -0.144. The fourth-order valence-corrected chi connectivity index (χ4v) is 1.12. The van der Waals surface area contributed by atoms with Crippen LogP contribution in [0.1, 0.15) is 12.8 Å². The Kier molecular flexibility index (Phi) is 6.83. The van der Waals surface area contributed by atoms with E-state index in [1.54, 1.807) is 0 Å². The van der Waals surface area contributed by atoms with E-state index in [2.05, 4.69) is 5.32 Å². The Morgan fingerprint density at radius 2 is 2.00 bits per heavy atom. The first-order valence-corrected chi connectivity index (χ1v) is 4.96. The van der Waals surface area contributed by atoms with Crippen LogP contribution in [0.4, 0.5) is 0 Å². The number of methoxy groups -OCH3 is 1. The van der Waals surface area contributed by atoms with E-state index in [9.17, 15) is 14.4 Å². The van der Waals surface area contributed by atoms with Crippen molar-refractivity contribution >= 4 is 17.8 Å². The molecule has 0 aromatic rings. The fourth-order valence-electron chi connectivity index (χ4n) is 1.12. The predicted molar refractivity (Wildman–Crippen MR) is 57.8 cm³/mol. The van der Waals surface area contributed by atoms with E-state index in [0.717, 1.165) is 0 Å². The average Bonchev–Trinajstić information content (AvgIpc) is 2.25. The number of amides is 2. The predicted octanol–water partition coefficient (Wildman–Crippen LogP) is -2.20. The molecule has 0 aromatic heterocycles. The normalized spacial score (nSPS) is 13.8. The van der Waals surface area contributed by atoms with Gasteiger partial charge in [-0.2, -0.15) is 0 Å². The van der Waals surface area contributed by atoms with Crippen molar-refractivity contribution in [3.05, 3.63) is 0 Å². The van der Waals surface area contributed by atoms with Crippen LogP contribution in [0.25, 0.3) is 0 Å². The highest BCUT2D eigenvalue weighted by Gasteiger charge is 2.24. The number of hydrogen-bond acceptors (Lipinski definition) is 5. The number of ether oxygens (including phenoxy) is 1. The molecule has 6 N–H and O–H groups in total. The Labute approximate surface area is 98.3 Å². The van der Waals surface area contributed by atoms with Crippen LogP contribution in [0.15, 0.2) is 0 Å². The van der Waals surface area contributed by atoms with Crippen molar-refractivity contribution in [3.63, 3.8) is 0 Å². The van der Waals surface area contributed by atoms with E-state index < -0.39 is 29.9 Å². The molecule has 0 fully saturated rings. The minimum atomic E-state index is -1.24. The van der Waals surface area contributed by atoms with Gasteiger partial charge < -0.3 is 26.6 Å². The number of carbonyl (C=O) groups is 3. The molecular formula is C9H17N3O5. The Bertz CT molecular complexity index is 290. The minimum absolute atomic E-state index is 0.0650. The molecule has 0 heterocycles. The standard InChI is InChI=1S/C9H17N3O5/c1-17-6(4-10)8(14)12-5(9(15)16)2-3-7(11)13/h5-6H,2-4,10H2,1H3,(H2,11,13)(H,12,14)(H,15,16)/t5-,6?/m0/s1. The van der Waals surface area contributed by atoms with Crippen LogP contribution < -0.4 is 16.8 Å². The number of aliphatic carboxylic acids is 1. The Balaban J connectivity index is 4.38. The third-order valence-electron chi connectivity index (χ3n) is 2.09. The van der Waals surface area contributed by atoms with Crippen molar-refractivity contribution in [1.82, 2.24) is 5.32 Å². The van der Waals surface area contributed by atoms with Gasteiger partial charge in [0.1, 0.15) is 12.1 Å². The molecule has 2 amide bonds.